The monoisotopic (exact) mass is 221 g/mol. The smallest absolute Gasteiger partial charge is 0.231 e. The van der Waals surface area contributed by atoms with E-state index in [1.54, 1.807) is 0 Å². The summed E-state index contributed by atoms with van der Waals surface area (Å²) in [4.78, 5) is 0. The van der Waals surface area contributed by atoms with Gasteiger partial charge in [-0.05, 0) is 30.6 Å². The molecule has 0 radical (unpaired) electrons. The molecule has 5 nitrogen and oxygen atoms in total. The summed E-state index contributed by atoms with van der Waals surface area (Å²) in [6, 6.07) is 0. The molecule has 0 aromatic rings. The van der Waals surface area contributed by atoms with E-state index in [9.17, 15) is 0 Å². The number of rotatable bonds is 2. The van der Waals surface area contributed by atoms with Crippen LogP contribution in [0.2, 0.25) is 0 Å². The molecule has 1 saturated heterocycles. The Bertz CT molecular complexity index is 394. The molecule has 0 bridgehead atoms. The van der Waals surface area contributed by atoms with Crippen molar-refractivity contribution in [3.8, 4) is 0 Å². The van der Waals surface area contributed by atoms with Crippen molar-refractivity contribution in [3.05, 3.63) is 47.2 Å². The van der Waals surface area contributed by atoms with E-state index in [1.807, 2.05) is 12.2 Å². The summed E-state index contributed by atoms with van der Waals surface area (Å²) >= 11 is 0. The minimum atomic E-state index is 0.293. The molecule has 16 heavy (non-hydrogen) atoms. The topological polar surface area (TPSA) is 82.5 Å². The van der Waals surface area contributed by atoms with Gasteiger partial charge in [0.2, 0.25) is 6.79 Å². The average Bonchev–Trinajstić information content (AvgIpc) is 2.69. The van der Waals surface area contributed by atoms with Gasteiger partial charge in [0, 0.05) is 6.20 Å². The van der Waals surface area contributed by atoms with E-state index < -0.39 is 0 Å². The van der Waals surface area contributed by atoms with Crippen molar-refractivity contribution >= 4 is 0 Å². The molecular formula is C11H15N3O2. The molecular weight excluding hydrogens is 206 g/mol. The number of hydrogen-bond donors (Lipinski definition) is 3. The van der Waals surface area contributed by atoms with Gasteiger partial charge in [-0.25, -0.2) is 0 Å². The summed E-state index contributed by atoms with van der Waals surface area (Å²) in [6.45, 7) is 0.293. The molecule has 0 amide bonds. The van der Waals surface area contributed by atoms with Crippen LogP contribution >= 0.6 is 0 Å². The van der Waals surface area contributed by atoms with Crippen molar-refractivity contribution in [1.82, 2.24) is 5.43 Å². The van der Waals surface area contributed by atoms with Crippen LogP contribution in [0.25, 0.3) is 0 Å². The number of hydrazine groups is 1. The zero-order valence-electron chi connectivity index (χ0n) is 8.90. The Morgan fingerprint density at radius 1 is 1.25 bits per heavy atom. The SMILES string of the molecule is N/C=C(NN)/C1=C/C/C=C2/OCO/C2=C\C1. The third kappa shape index (κ3) is 2.04. The van der Waals surface area contributed by atoms with Crippen LogP contribution in [-0.4, -0.2) is 6.79 Å². The molecule has 2 rings (SSSR count). The molecule has 0 unspecified atom stereocenters. The first-order chi connectivity index (χ1) is 7.85. The molecule has 0 aromatic heterocycles. The Balaban J connectivity index is 2.21. The van der Waals surface area contributed by atoms with Gasteiger partial charge in [0.1, 0.15) is 0 Å². The molecule has 1 aliphatic heterocycles. The van der Waals surface area contributed by atoms with Gasteiger partial charge in [-0.15, -0.1) is 0 Å². The number of fused-ring (bicyclic) bond motifs is 1. The van der Waals surface area contributed by atoms with Gasteiger partial charge < -0.3 is 20.6 Å². The molecule has 86 valence electrons. The summed E-state index contributed by atoms with van der Waals surface area (Å²) in [7, 11) is 0. The predicted octanol–water partition coefficient (Wildman–Crippen LogP) is 0.742. The second-order valence-corrected chi connectivity index (χ2v) is 3.44. The molecule has 0 atom stereocenters. The second-order valence-electron chi connectivity index (χ2n) is 3.44. The van der Waals surface area contributed by atoms with Crippen LogP contribution in [0.4, 0.5) is 0 Å². The fraction of sp³-hybridized carbons (Fsp3) is 0.273. The van der Waals surface area contributed by atoms with Crippen molar-refractivity contribution in [3.63, 3.8) is 0 Å². The highest BCUT2D eigenvalue weighted by molar-refractivity contribution is 5.35. The number of ether oxygens (including phenoxy) is 2. The molecule has 0 aromatic carbocycles. The zero-order chi connectivity index (χ0) is 11.4. The quantitative estimate of drug-likeness (QED) is 0.473. The minimum Gasteiger partial charge on any atom is -0.454 e. The lowest BCUT2D eigenvalue weighted by atomic mass is 10.0. The summed E-state index contributed by atoms with van der Waals surface area (Å²) in [5.74, 6) is 6.98. The molecule has 1 aliphatic carbocycles. The number of allylic oxidation sites excluding steroid dienone is 4. The summed E-state index contributed by atoms with van der Waals surface area (Å²) in [5.41, 5.74) is 9.82. The third-order valence-corrected chi connectivity index (χ3v) is 2.51. The lowest BCUT2D eigenvalue weighted by Crippen LogP contribution is -2.23. The highest BCUT2D eigenvalue weighted by atomic mass is 16.7. The number of hydrogen-bond acceptors (Lipinski definition) is 5. The lowest BCUT2D eigenvalue weighted by molar-refractivity contribution is 0.0974. The normalized spacial score (nSPS) is 30.1. The molecule has 0 saturated carbocycles. The first-order valence-electron chi connectivity index (χ1n) is 5.09. The van der Waals surface area contributed by atoms with E-state index >= 15 is 0 Å². The van der Waals surface area contributed by atoms with E-state index in [0.717, 1.165) is 29.2 Å². The van der Waals surface area contributed by atoms with Gasteiger partial charge >= 0.3 is 0 Å². The largest absolute Gasteiger partial charge is 0.454 e. The average molecular weight is 221 g/mol. The van der Waals surface area contributed by atoms with E-state index in [-0.39, 0.29) is 0 Å². The van der Waals surface area contributed by atoms with Gasteiger partial charge in [0.15, 0.2) is 11.5 Å². The van der Waals surface area contributed by atoms with Gasteiger partial charge in [-0.3, -0.25) is 5.84 Å². The van der Waals surface area contributed by atoms with Crippen LogP contribution in [0.1, 0.15) is 12.8 Å². The Morgan fingerprint density at radius 3 is 2.69 bits per heavy atom. The first kappa shape index (κ1) is 10.6. The van der Waals surface area contributed by atoms with Crippen LogP contribution in [-0.2, 0) is 9.47 Å². The maximum Gasteiger partial charge on any atom is 0.231 e. The van der Waals surface area contributed by atoms with E-state index in [4.69, 9.17) is 21.1 Å². The van der Waals surface area contributed by atoms with Gasteiger partial charge in [0.25, 0.3) is 0 Å². The number of nitrogens with two attached hydrogens (primary N) is 2. The van der Waals surface area contributed by atoms with Gasteiger partial charge in [0.05, 0.1) is 5.70 Å². The van der Waals surface area contributed by atoms with Crippen molar-refractivity contribution in [2.75, 3.05) is 6.79 Å². The maximum atomic E-state index is 5.47. The minimum absolute atomic E-state index is 0.293. The fourth-order valence-electron chi connectivity index (χ4n) is 1.68. The van der Waals surface area contributed by atoms with Crippen LogP contribution in [0, 0.1) is 0 Å². The maximum absolute atomic E-state index is 5.47. The van der Waals surface area contributed by atoms with Crippen LogP contribution in [0.3, 0.4) is 0 Å². The van der Waals surface area contributed by atoms with Crippen LogP contribution in [0.15, 0.2) is 47.2 Å². The lowest BCUT2D eigenvalue weighted by Gasteiger charge is -2.10. The fourth-order valence-corrected chi connectivity index (χ4v) is 1.68. The molecule has 5 heteroatoms. The first-order valence-corrected chi connectivity index (χ1v) is 5.09. The Kier molecular flexibility index (Phi) is 3.16. The Morgan fingerprint density at radius 2 is 2.00 bits per heavy atom. The van der Waals surface area contributed by atoms with Crippen molar-refractivity contribution < 1.29 is 9.47 Å². The number of nitrogens with one attached hydrogen (secondary N) is 1. The molecule has 1 fully saturated rings. The van der Waals surface area contributed by atoms with Crippen LogP contribution < -0.4 is 17.0 Å². The molecule has 2 aliphatic rings. The predicted molar refractivity (Wildman–Crippen MR) is 60.1 cm³/mol. The second kappa shape index (κ2) is 4.76. The van der Waals surface area contributed by atoms with Gasteiger partial charge in [-0.2, -0.15) is 0 Å². The highest BCUT2D eigenvalue weighted by Crippen LogP contribution is 2.26. The molecule has 0 spiro atoms. The van der Waals surface area contributed by atoms with Crippen molar-refractivity contribution in [2.24, 2.45) is 11.6 Å². The van der Waals surface area contributed by atoms with E-state index in [0.29, 0.717) is 13.2 Å². The Hall–Kier alpha value is -1.88. The zero-order valence-corrected chi connectivity index (χ0v) is 8.90. The van der Waals surface area contributed by atoms with Gasteiger partial charge in [-0.1, -0.05) is 6.08 Å². The third-order valence-electron chi connectivity index (χ3n) is 2.51. The van der Waals surface area contributed by atoms with E-state index in [2.05, 4.69) is 11.5 Å². The molecule has 1 heterocycles. The Labute approximate surface area is 94.0 Å². The van der Waals surface area contributed by atoms with Crippen molar-refractivity contribution in [2.45, 2.75) is 12.8 Å². The molecule has 5 N–H and O–H groups in total. The standard InChI is InChI=1S/C11H15N3O2/c12-6-9(14-13)8-2-1-3-10-11(5-4-8)16-7-15-10/h2-3,5-6,14H,1,4,7,12-13H2/b8-2+,9-6-,10-3+,11-5-. The summed E-state index contributed by atoms with van der Waals surface area (Å²) in [6.07, 6.45) is 8.93. The summed E-state index contributed by atoms with van der Waals surface area (Å²) < 4.78 is 10.6. The van der Waals surface area contributed by atoms with E-state index in [1.165, 1.54) is 6.20 Å². The summed E-state index contributed by atoms with van der Waals surface area (Å²) in [5, 5.41) is 0. The van der Waals surface area contributed by atoms with Crippen LogP contribution in [0.5, 0.6) is 0 Å². The van der Waals surface area contributed by atoms with Crippen molar-refractivity contribution in [1.29, 1.82) is 0 Å². The highest BCUT2D eigenvalue weighted by Gasteiger charge is 2.17.